The van der Waals surface area contributed by atoms with E-state index in [0.717, 1.165) is 10.5 Å². The summed E-state index contributed by atoms with van der Waals surface area (Å²) in [5.41, 5.74) is 0.731. The standard InChI is InChI=1S/C8H11N4S/c1-8(2,3)12-11-6-7(13-12)10-5-4-9-6/h4-5H,1-3H3/q+1. The lowest BCUT2D eigenvalue weighted by Crippen LogP contribution is -2.49. The maximum Gasteiger partial charge on any atom is 0.263 e. The van der Waals surface area contributed by atoms with E-state index in [1.165, 1.54) is 11.5 Å². The van der Waals surface area contributed by atoms with Crippen LogP contribution in [-0.2, 0) is 5.54 Å². The van der Waals surface area contributed by atoms with Gasteiger partial charge in [-0.3, -0.25) is 0 Å². The third-order valence-corrected chi connectivity index (χ3v) is 2.84. The number of aromatic nitrogens is 4. The summed E-state index contributed by atoms with van der Waals surface area (Å²) in [7, 11) is 0. The number of hydrogen-bond acceptors (Lipinski definition) is 4. The van der Waals surface area contributed by atoms with Crippen LogP contribution in [0.4, 0.5) is 0 Å². The van der Waals surface area contributed by atoms with E-state index < -0.39 is 0 Å². The summed E-state index contributed by atoms with van der Waals surface area (Å²) < 4.78 is 1.93. The lowest BCUT2D eigenvalue weighted by molar-refractivity contribution is -0.744. The Balaban J connectivity index is 2.63. The first-order chi connectivity index (χ1) is 6.07. The molecule has 0 aromatic carbocycles. The molecule has 0 N–H and O–H groups in total. The molecule has 0 aliphatic heterocycles. The van der Waals surface area contributed by atoms with Crippen LogP contribution in [0.2, 0.25) is 0 Å². The quantitative estimate of drug-likeness (QED) is 0.592. The van der Waals surface area contributed by atoms with Crippen molar-refractivity contribution in [1.82, 2.24) is 15.1 Å². The average Bonchev–Trinajstić information content (AvgIpc) is 2.45. The summed E-state index contributed by atoms with van der Waals surface area (Å²) in [6.45, 7) is 6.32. The van der Waals surface area contributed by atoms with Crippen molar-refractivity contribution in [2.75, 3.05) is 0 Å². The Morgan fingerprint density at radius 3 is 2.54 bits per heavy atom. The lowest BCUT2D eigenvalue weighted by Gasteiger charge is -2.03. The molecule has 2 heterocycles. The van der Waals surface area contributed by atoms with Crippen molar-refractivity contribution in [3.63, 3.8) is 0 Å². The summed E-state index contributed by atoms with van der Waals surface area (Å²) in [6, 6.07) is 0. The molecule has 0 fully saturated rings. The van der Waals surface area contributed by atoms with Crippen molar-refractivity contribution < 1.29 is 4.07 Å². The van der Waals surface area contributed by atoms with Gasteiger partial charge in [0.05, 0.1) is 0 Å². The zero-order valence-electron chi connectivity index (χ0n) is 7.85. The molecular weight excluding hydrogens is 184 g/mol. The molecule has 0 saturated heterocycles. The maximum absolute atomic E-state index is 4.35. The predicted octanol–water partition coefficient (Wildman–Crippen LogP) is 1.13. The maximum atomic E-state index is 4.35. The summed E-state index contributed by atoms with van der Waals surface area (Å²) in [5, 5.41) is 4.35. The van der Waals surface area contributed by atoms with E-state index in [-0.39, 0.29) is 5.54 Å². The molecule has 13 heavy (non-hydrogen) atoms. The Kier molecular flexibility index (Phi) is 1.76. The number of rotatable bonds is 0. The molecule has 0 saturated carbocycles. The van der Waals surface area contributed by atoms with Gasteiger partial charge in [-0.05, 0) is 4.07 Å². The molecule has 0 bridgehead atoms. The number of fused-ring (bicyclic) bond motifs is 1. The van der Waals surface area contributed by atoms with Crippen LogP contribution in [0.25, 0.3) is 10.5 Å². The second-order valence-electron chi connectivity index (χ2n) is 3.82. The van der Waals surface area contributed by atoms with Crippen LogP contribution in [-0.4, -0.2) is 15.1 Å². The first kappa shape index (κ1) is 8.50. The molecule has 0 spiro atoms. The van der Waals surface area contributed by atoms with Crippen LogP contribution in [0.15, 0.2) is 12.4 Å². The summed E-state index contributed by atoms with van der Waals surface area (Å²) in [4.78, 5) is 9.21. The molecule has 4 nitrogen and oxygen atoms in total. The smallest absolute Gasteiger partial charge is 0.235 e. The number of hydrogen-bond donors (Lipinski definition) is 0. The fourth-order valence-electron chi connectivity index (χ4n) is 0.926. The molecule has 2 aromatic rings. The Morgan fingerprint density at radius 1 is 1.23 bits per heavy atom. The molecule has 0 radical (unpaired) electrons. The minimum Gasteiger partial charge on any atom is -0.235 e. The fraction of sp³-hybridized carbons (Fsp3) is 0.500. The second-order valence-corrected chi connectivity index (χ2v) is 4.74. The Hall–Kier alpha value is -1.10. The van der Waals surface area contributed by atoms with Crippen LogP contribution in [0, 0.1) is 0 Å². The van der Waals surface area contributed by atoms with Gasteiger partial charge >= 0.3 is 0 Å². The van der Waals surface area contributed by atoms with Crippen LogP contribution < -0.4 is 4.07 Å². The van der Waals surface area contributed by atoms with Crippen molar-refractivity contribution in [2.45, 2.75) is 26.3 Å². The van der Waals surface area contributed by atoms with E-state index >= 15 is 0 Å². The van der Waals surface area contributed by atoms with Crippen LogP contribution in [0.1, 0.15) is 20.8 Å². The molecule has 0 atom stereocenters. The van der Waals surface area contributed by atoms with Gasteiger partial charge in [-0.25, -0.2) is 9.97 Å². The Morgan fingerprint density at radius 2 is 1.92 bits per heavy atom. The highest BCUT2D eigenvalue weighted by Gasteiger charge is 2.28. The van der Waals surface area contributed by atoms with Gasteiger partial charge in [-0.2, -0.15) is 0 Å². The highest BCUT2D eigenvalue weighted by molar-refractivity contribution is 7.08. The van der Waals surface area contributed by atoms with Crippen LogP contribution in [0.5, 0.6) is 0 Å². The molecule has 2 aromatic heterocycles. The molecule has 2 rings (SSSR count). The van der Waals surface area contributed by atoms with Crippen LogP contribution >= 0.6 is 11.5 Å². The summed E-state index contributed by atoms with van der Waals surface area (Å²) in [6.07, 6.45) is 3.35. The van der Waals surface area contributed by atoms with Gasteiger partial charge in [0.2, 0.25) is 4.83 Å². The third-order valence-electron chi connectivity index (χ3n) is 1.58. The molecule has 0 aliphatic carbocycles. The summed E-state index contributed by atoms with van der Waals surface area (Å²) >= 11 is 1.54. The zero-order chi connectivity index (χ0) is 9.47. The van der Waals surface area contributed by atoms with Gasteiger partial charge in [0.25, 0.3) is 5.65 Å². The van der Waals surface area contributed by atoms with Crippen molar-refractivity contribution in [2.24, 2.45) is 0 Å². The minimum atomic E-state index is 0.00699. The van der Waals surface area contributed by atoms with Gasteiger partial charge in [-0.1, -0.05) is 0 Å². The van der Waals surface area contributed by atoms with Crippen LogP contribution in [0.3, 0.4) is 0 Å². The Bertz CT molecular complexity index is 396. The third kappa shape index (κ3) is 1.51. The normalized spacial score (nSPS) is 12.2. The van der Waals surface area contributed by atoms with Crippen molar-refractivity contribution >= 4 is 22.0 Å². The fourth-order valence-corrected chi connectivity index (χ4v) is 1.77. The van der Waals surface area contributed by atoms with Crippen molar-refractivity contribution in [3.05, 3.63) is 12.4 Å². The Labute approximate surface area is 80.4 Å². The SMILES string of the molecule is CC(C)(C)[n+]1nc2nccnc2s1. The van der Waals surface area contributed by atoms with E-state index in [2.05, 4.69) is 35.8 Å². The molecule has 0 unspecified atom stereocenters. The average molecular weight is 195 g/mol. The minimum absolute atomic E-state index is 0.00699. The van der Waals surface area contributed by atoms with E-state index in [1.807, 2.05) is 4.07 Å². The zero-order valence-corrected chi connectivity index (χ0v) is 8.67. The van der Waals surface area contributed by atoms with E-state index in [1.54, 1.807) is 12.4 Å². The molecular formula is C8H11N4S+. The van der Waals surface area contributed by atoms with Crippen molar-refractivity contribution in [1.29, 1.82) is 0 Å². The predicted molar refractivity (Wildman–Crippen MR) is 50.4 cm³/mol. The first-order valence-electron chi connectivity index (χ1n) is 4.08. The number of nitrogens with zero attached hydrogens (tertiary/aromatic N) is 4. The molecule has 68 valence electrons. The molecule has 5 heteroatoms. The van der Waals surface area contributed by atoms with Gasteiger partial charge in [-0.15, -0.1) is 0 Å². The van der Waals surface area contributed by atoms with Gasteiger partial charge in [0.1, 0.15) is 0 Å². The topological polar surface area (TPSA) is 42.5 Å². The largest absolute Gasteiger partial charge is 0.263 e. The van der Waals surface area contributed by atoms with E-state index in [4.69, 9.17) is 0 Å². The highest BCUT2D eigenvalue weighted by atomic mass is 32.1. The summed E-state index contributed by atoms with van der Waals surface area (Å²) in [5.74, 6) is 0. The van der Waals surface area contributed by atoms with Gasteiger partial charge in [0.15, 0.2) is 17.1 Å². The highest BCUT2D eigenvalue weighted by Crippen LogP contribution is 2.11. The van der Waals surface area contributed by atoms with Crippen molar-refractivity contribution in [3.8, 4) is 0 Å². The molecule has 0 aliphatic rings. The second kappa shape index (κ2) is 2.70. The monoisotopic (exact) mass is 195 g/mol. The first-order valence-corrected chi connectivity index (χ1v) is 4.85. The molecule has 0 amide bonds. The van der Waals surface area contributed by atoms with Gasteiger partial charge in [0, 0.05) is 38.3 Å². The van der Waals surface area contributed by atoms with E-state index in [0.29, 0.717) is 0 Å². The lowest BCUT2D eigenvalue weighted by atomic mass is 10.1. The van der Waals surface area contributed by atoms with E-state index in [9.17, 15) is 0 Å². The van der Waals surface area contributed by atoms with Gasteiger partial charge < -0.3 is 0 Å².